The number of aliphatic carboxylic acids is 1. The van der Waals surface area contributed by atoms with Crippen LogP contribution in [0.25, 0.3) is 11.1 Å². The predicted octanol–water partition coefficient (Wildman–Crippen LogP) is 2.25. The molecule has 0 aromatic carbocycles. The second-order valence-corrected chi connectivity index (χ2v) is 8.68. The van der Waals surface area contributed by atoms with E-state index in [1.807, 2.05) is 0 Å². The van der Waals surface area contributed by atoms with Crippen LogP contribution in [0.2, 0.25) is 0 Å². The van der Waals surface area contributed by atoms with Gasteiger partial charge in [0.1, 0.15) is 0 Å². The Labute approximate surface area is 156 Å². The molecule has 8 heteroatoms. The number of rotatable bonds is 6. The number of aromatic nitrogens is 2. The molecule has 8 nitrogen and oxygen atoms in total. The van der Waals surface area contributed by atoms with Crippen molar-refractivity contribution >= 4 is 23.0 Å². The fourth-order valence-corrected chi connectivity index (χ4v) is 2.84. The number of nitrogens with one attached hydrogen (secondary N) is 1. The van der Waals surface area contributed by atoms with E-state index < -0.39 is 24.0 Å². The van der Waals surface area contributed by atoms with E-state index in [-0.39, 0.29) is 5.41 Å². The molecule has 1 aliphatic rings. The van der Waals surface area contributed by atoms with Crippen LogP contribution in [0.1, 0.15) is 68.2 Å². The Balaban J connectivity index is 1.99. The first-order valence-electron chi connectivity index (χ1n) is 9.01. The Morgan fingerprint density at radius 3 is 2.52 bits per heavy atom. The summed E-state index contributed by atoms with van der Waals surface area (Å²) in [5.74, 6) is -1.58. The van der Waals surface area contributed by atoms with Crippen LogP contribution >= 0.6 is 0 Å². The van der Waals surface area contributed by atoms with Crippen LogP contribution in [-0.4, -0.2) is 44.4 Å². The monoisotopic (exact) mass is 375 g/mol. The summed E-state index contributed by atoms with van der Waals surface area (Å²) in [5.41, 5.74) is -0.0417. The van der Waals surface area contributed by atoms with E-state index in [1.54, 1.807) is 6.07 Å². The molecule has 1 unspecified atom stereocenters. The van der Waals surface area contributed by atoms with Crippen LogP contribution in [0.5, 0.6) is 0 Å². The smallest absolute Gasteiger partial charge is 0.337 e. The minimum atomic E-state index is -2.05. The maximum absolute atomic E-state index is 12.8. The number of carboxylic acid groups (broad SMARTS) is 1. The highest BCUT2D eigenvalue weighted by atomic mass is 16.5. The highest BCUT2D eigenvalue weighted by molar-refractivity contribution is 6.06. The van der Waals surface area contributed by atoms with Crippen LogP contribution in [0.4, 0.5) is 0 Å². The lowest BCUT2D eigenvalue weighted by Gasteiger charge is -2.19. The number of nitrogens with zero attached hydrogens (tertiary/aromatic N) is 2. The van der Waals surface area contributed by atoms with Gasteiger partial charge >= 0.3 is 5.97 Å². The van der Waals surface area contributed by atoms with Gasteiger partial charge in [0.05, 0.1) is 23.2 Å². The lowest BCUT2D eigenvalue weighted by molar-refractivity contribution is -0.155. The van der Waals surface area contributed by atoms with Crippen LogP contribution in [-0.2, 0) is 11.2 Å². The first kappa shape index (κ1) is 19.3. The number of amides is 1. The summed E-state index contributed by atoms with van der Waals surface area (Å²) < 4.78 is 5.40. The number of aliphatic hydroxyl groups is 1. The average molecular weight is 375 g/mol. The summed E-state index contributed by atoms with van der Waals surface area (Å²) in [6.45, 7) is 6.90. The molecular formula is C19H25N3O5. The second kappa shape index (κ2) is 6.60. The number of carbonyl (C=O) groups excluding carboxylic acids is 1. The van der Waals surface area contributed by atoms with Gasteiger partial charge in [0.25, 0.3) is 11.6 Å². The summed E-state index contributed by atoms with van der Waals surface area (Å²) in [4.78, 5) is 28.4. The molecule has 2 aromatic rings. The zero-order chi connectivity index (χ0) is 20.0. The highest BCUT2D eigenvalue weighted by Gasteiger charge is 2.33. The molecule has 0 bridgehead atoms. The molecule has 2 aromatic heterocycles. The molecule has 0 spiro atoms. The fourth-order valence-electron chi connectivity index (χ4n) is 2.84. The topological polar surface area (TPSA) is 126 Å². The molecular weight excluding hydrogens is 350 g/mol. The van der Waals surface area contributed by atoms with Gasteiger partial charge in [0.2, 0.25) is 0 Å². The van der Waals surface area contributed by atoms with Gasteiger partial charge in [0.15, 0.2) is 5.60 Å². The van der Waals surface area contributed by atoms with Crippen LogP contribution < -0.4 is 5.32 Å². The number of carboxylic acids is 1. The van der Waals surface area contributed by atoms with Gasteiger partial charge in [-0.3, -0.25) is 4.79 Å². The number of hydrogen-bond donors (Lipinski definition) is 3. The molecule has 27 heavy (non-hydrogen) atoms. The van der Waals surface area contributed by atoms with E-state index in [4.69, 9.17) is 9.63 Å². The Bertz CT molecular complexity index is 891. The number of pyridine rings is 1. The normalized spacial score (nSPS) is 16.9. The third-order valence-electron chi connectivity index (χ3n) is 4.53. The maximum Gasteiger partial charge on any atom is 0.337 e. The van der Waals surface area contributed by atoms with Crippen LogP contribution in [0.15, 0.2) is 10.6 Å². The van der Waals surface area contributed by atoms with E-state index in [0.29, 0.717) is 34.7 Å². The molecule has 1 aliphatic carbocycles. The standard InChI is InChI=1S/C19H25N3O5/c1-18(2,3)8-13-14-11(15(23)20-9-19(4,26)17(24)25)7-12(10-5-6-10)21-16(14)27-22-13/h7,10,26H,5-6,8-9H2,1-4H3,(H,20,23)(H,24,25). The summed E-state index contributed by atoms with van der Waals surface area (Å²) in [5, 5.41) is 26.1. The van der Waals surface area contributed by atoms with E-state index in [2.05, 4.69) is 36.2 Å². The summed E-state index contributed by atoms with van der Waals surface area (Å²) in [6.07, 6.45) is 2.62. The van der Waals surface area contributed by atoms with Crippen molar-refractivity contribution in [2.75, 3.05) is 6.54 Å². The lowest BCUT2D eigenvalue weighted by Crippen LogP contribution is -2.46. The van der Waals surface area contributed by atoms with Crippen LogP contribution in [0.3, 0.4) is 0 Å². The zero-order valence-corrected chi connectivity index (χ0v) is 16.0. The summed E-state index contributed by atoms with van der Waals surface area (Å²) in [6, 6.07) is 1.73. The van der Waals surface area contributed by atoms with Crippen LogP contribution in [0, 0.1) is 5.41 Å². The molecule has 0 radical (unpaired) electrons. The lowest BCUT2D eigenvalue weighted by atomic mass is 9.89. The van der Waals surface area contributed by atoms with Crippen molar-refractivity contribution in [2.24, 2.45) is 5.41 Å². The Hall–Kier alpha value is -2.48. The van der Waals surface area contributed by atoms with Gasteiger partial charge in [-0.05, 0) is 37.7 Å². The predicted molar refractivity (Wildman–Crippen MR) is 97.5 cm³/mol. The van der Waals surface area contributed by atoms with Crippen molar-refractivity contribution in [1.82, 2.24) is 15.5 Å². The third-order valence-corrected chi connectivity index (χ3v) is 4.53. The minimum Gasteiger partial charge on any atom is -0.479 e. The van der Waals surface area contributed by atoms with Gasteiger partial charge in [-0.1, -0.05) is 25.9 Å². The molecule has 2 heterocycles. The third kappa shape index (κ3) is 4.27. The van der Waals surface area contributed by atoms with Crippen molar-refractivity contribution in [3.05, 3.63) is 23.0 Å². The van der Waals surface area contributed by atoms with Crippen molar-refractivity contribution < 1.29 is 24.3 Å². The first-order valence-corrected chi connectivity index (χ1v) is 9.01. The Morgan fingerprint density at radius 1 is 1.30 bits per heavy atom. The Morgan fingerprint density at radius 2 is 1.96 bits per heavy atom. The number of fused-ring (bicyclic) bond motifs is 1. The molecule has 0 saturated heterocycles. The van der Waals surface area contributed by atoms with E-state index in [9.17, 15) is 14.7 Å². The number of hydrogen-bond acceptors (Lipinski definition) is 6. The molecule has 3 N–H and O–H groups in total. The van der Waals surface area contributed by atoms with E-state index in [1.165, 1.54) is 0 Å². The maximum atomic E-state index is 12.8. The highest BCUT2D eigenvalue weighted by Crippen LogP contribution is 2.40. The molecule has 1 fully saturated rings. The quantitative estimate of drug-likeness (QED) is 0.707. The molecule has 0 aliphatic heterocycles. The summed E-state index contributed by atoms with van der Waals surface area (Å²) >= 11 is 0. The molecule has 1 amide bonds. The van der Waals surface area contributed by atoms with Gasteiger partial charge in [-0.25, -0.2) is 9.78 Å². The molecule has 3 rings (SSSR count). The Kier molecular flexibility index (Phi) is 4.71. The van der Waals surface area contributed by atoms with Gasteiger partial charge in [0, 0.05) is 11.6 Å². The average Bonchev–Trinajstić information content (AvgIpc) is 3.33. The minimum absolute atomic E-state index is 0.0698. The summed E-state index contributed by atoms with van der Waals surface area (Å²) in [7, 11) is 0. The van der Waals surface area contributed by atoms with E-state index >= 15 is 0 Å². The van der Waals surface area contributed by atoms with E-state index in [0.717, 1.165) is 25.5 Å². The second-order valence-electron chi connectivity index (χ2n) is 8.68. The van der Waals surface area contributed by atoms with Gasteiger partial charge < -0.3 is 20.1 Å². The molecule has 1 atom stereocenters. The first-order chi connectivity index (χ1) is 12.5. The fraction of sp³-hybridized carbons (Fsp3) is 0.579. The zero-order valence-electron chi connectivity index (χ0n) is 16.0. The molecule has 1 saturated carbocycles. The number of carbonyl (C=O) groups is 2. The van der Waals surface area contributed by atoms with Crippen molar-refractivity contribution in [2.45, 2.75) is 58.5 Å². The molecule has 146 valence electrons. The largest absolute Gasteiger partial charge is 0.479 e. The van der Waals surface area contributed by atoms with Gasteiger partial charge in [-0.15, -0.1) is 0 Å². The van der Waals surface area contributed by atoms with Crippen molar-refractivity contribution in [3.8, 4) is 0 Å². The van der Waals surface area contributed by atoms with Gasteiger partial charge in [-0.2, -0.15) is 0 Å². The van der Waals surface area contributed by atoms with Crippen molar-refractivity contribution in [3.63, 3.8) is 0 Å². The SMILES string of the molecule is CC(C)(C)Cc1noc2nc(C3CC3)cc(C(=O)NCC(C)(O)C(=O)O)c12. The van der Waals surface area contributed by atoms with Crippen molar-refractivity contribution in [1.29, 1.82) is 0 Å².